The molecule has 1 N–H and O–H groups in total. The van der Waals surface area contributed by atoms with E-state index in [1.54, 1.807) is 30.3 Å². The summed E-state index contributed by atoms with van der Waals surface area (Å²) < 4.78 is 8.78. The van der Waals surface area contributed by atoms with Crippen molar-refractivity contribution in [2.75, 3.05) is 13.7 Å². The average Bonchev–Trinajstić information content (AvgIpc) is 3.29. The van der Waals surface area contributed by atoms with Crippen LogP contribution in [0.25, 0.3) is 11.3 Å². The van der Waals surface area contributed by atoms with Gasteiger partial charge in [-0.2, -0.15) is 5.10 Å². The third kappa shape index (κ3) is 3.49. The van der Waals surface area contributed by atoms with Crippen LogP contribution in [0.15, 0.2) is 30.7 Å². The van der Waals surface area contributed by atoms with Crippen molar-refractivity contribution >= 4 is 5.91 Å². The third-order valence-corrected chi connectivity index (χ3v) is 5.05. The van der Waals surface area contributed by atoms with E-state index in [-0.39, 0.29) is 5.91 Å². The fraction of sp³-hybridized carbons (Fsp3) is 0.400. The molecule has 0 atom stereocenters. The van der Waals surface area contributed by atoms with Gasteiger partial charge in [-0.3, -0.25) is 19.1 Å². The fourth-order valence-corrected chi connectivity index (χ4v) is 3.74. The van der Waals surface area contributed by atoms with Gasteiger partial charge in [0.15, 0.2) is 0 Å². The molecule has 0 saturated carbocycles. The number of aromatic nitrogens is 5. The third-order valence-electron chi connectivity index (χ3n) is 5.05. The molecule has 3 aromatic rings. The summed E-state index contributed by atoms with van der Waals surface area (Å²) in [6.45, 7) is 1.11. The number of nitrogens with one attached hydrogen (secondary N) is 1. The Morgan fingerprint density at radius 1 is 1.21 bits per heavy atom. The summed E-state index contributed by atoms with van der Waals surface area (Å²) in [7, 11) is 3.27. The molecule has 0 unspecified atom stereocenters. The van der Waals surface area contributed by atoms with E-state index in [9.17, 15) is 4.79 Å². The lowest BCUT2D eigenvalue weighted by atomic mass is 9.94. The van der Waals surface area contributed by atoms with E-state index in [2.05, 4.69) is 15.4 Å². The molecule has 8 nitrogen and oxygen atoms in total. The molecule has 4 rings (SSSR count). The molecule has 8 heteroatoms. The highest BCUT2D eigenvalue weighted by atomic mass is 16.5. The van der Waals surface area contributed by atoms with Crippen LogP contribution < -0.4 is 10.1 Å². The molecule has 0 spiro atoms. The number of pyridine rings is 1. The van der Waals surface area contributed by atoms with Gasteiger partial charge in [-0.05, 0) is 37.8 Å². The molecular formula is C20H24N6O2. The monoisotopic (exact) mass is 380 g/mol. The molecule has 0 aromatic carbocycles. The molecule has 3 aromatic heterocycles. The zero-order valence-electron chi connectivity index (χ0n) is 16.2. The second-order valence-electron chi connectivity index (χ2n) is 6.92. The molecule has 0 fully saturated rings. The number of hydrogen-bond acceptors (Lipinski definition) is 5. The molecule has 28 heavy (non-hydrogen) atoms. The Bertz CT molecular complexity index is 976. The van der Waals surface area contributed by atoms with Crippen molar-refractivity contribution in [3.05, 3.63) is 47.5 Å². The summed E-state index contributed by atoms with van der Waals surface area (Å²) in [6, 6.07) is 4.00. The quantitative estimate of drug-likeness (QED) is 0.707. The Labute approximate surface area is 163 Å². The number of carbonyl (C=O) groups is 1. The normalized spacial score (nSPS) is 13.2. The lowest BCUT2D eigenvalue weighted by Crippen LogP contribution is -2.28. The number of aryl methyl sites for hydroxylation is 1. The minimum absolute atomic E-state index is 0.194. The molecule has 0 saturated heterocycles. The minimum Gasteiger partial charge on any atom is -0.479 e. The van der Waals surface area contributed by atoms with E-state index in [4.69, 9.17) is 9.84 Å². The van der Waals surface area contributed by atoms with Crippen LogP contribution in [0.4, 0.5) is 0 Å². The van der Waals surface area contributed by atoms with Crippen LogP contribution in [0.1, 0.15) is 34.5 Å². The van der Waals surface area contributed by atoms with Gasteiger partial charge in [0.05, 0.1) is 19.3 Å². The summed E-state index contributed by atoms with van der Waals surface area (Å²) in [5, 5.41) is 11.9. The average molecular weight is 380 g/mol. The number of rotatable bonds is 6. The molecule has 0 radical (unpaired) electrons. The van der Waals surface area contributed by atoms with Gasteiger partial charge in [0, 0.05) is 49.0 Å². The number of carbonyl (C=O) groups excluding carboxylic acids is 1. The largest absolute Gasteiger partial charge is 0.479 e. The van der Waals surface area contributed by atoms with E-state index >= 15 is 0 Å². The SMILES string of the molecule is COc1nn(C)cc1C(=O)NCCn1nc(-c2ccncc2)c2c1CCCC2. The maximum absolute atomic E-state index is 12.5. The number of fused-ring (bicyclic) bond motifs is 1. The van der Waals surface area contributed by atoms with Gasteiger partial charge in [0.2, 0.25) is 5.88 Å². The molecule has 3 heterocycles. The topological polar surface area (TPSA) is 86.9 Å². The van der Waals surface area contributed by atoms with Crippen molar-refractivity contribution in [2.24, 2.45) is 7.05 Å². The van der Waals surface area contributed by atoms with Crippen molar-refractivity contribution in [3.63, 3.8) is 0 Å². The van der Waals surface area contributed by atoms with Gasteiger partial charge in [-0.25, -0.2) is 0 Å². The lowest BCUT2D eigenvalue weighted by Gasteiger charge is -2.14. The van der Waals surface area contributed by atoms with E-state index in [1.165, 1.54) is 31.2 Å². The summed E-state index contributed by atoms with van der Waals surface area (Å²) in [5.41, 5.74) is 5.18. The summed E-state index contributed by atoms with van der Waals surface area (Å²) in [4.78, 5) is 16.6. The molecule has 1 aliphatic rings. The zero-order valence-corrected chi connectivity index (χ0v) is 16.2. The molecule has 1 amide bonds. The second kappa shape index (κ2) is 7.84. The van der Waals surface area contributed by atoms with Crippen LogP contribution in [0, 0.1) is 0 Å². The first-order valence-corrected chi connectivity index (χ1v) is 9.52. The van der Waals surface area contributed by atoms with Gasteiger partial charge in [-0.1, -0.05) is 0 Å². The highest BCUT2D eigenvalue weighted by Crippen LogP contribution is 2.30. The predicted molar refractivity (Wildman–Crippen MR) is 104 cm³/mol. The summed E-state index contributed by atoms with van der Waals surface area (Å²) in [5.74, 6) is 0.136. The first-order chi connectivity index (χ1) is 13.7. The first-order valence-electron chi connectivity index (χ1n) is 9.52. The fourth-order valence-electron chi connectivity index (χ4n) is 3.74. The Kier molecular flexibility index (Phi) is 5.10. The van der Waals surface area contributed by atoms with Crippen molar-refractivity contribution in [3.8, 4) is 17.1 Å². The Hall–Kier alpha value is -3.16. The Morgan fingerprint density at radius 2 is 2.00 bits per heavy atom. The number of amides is 1. The Morgan fingerprint density at radius 3 is 2.79 bits per heavy atom. The van der Waals surface area contributed by atoms with Crippen LogP contribution in [-0.2, 0) is 26.4 Å². The van der Waals surface area contributed by atoms with Crippen molar-refractivity contribution in [2.45, 2.75) is 32.2 Å². The van der Waals surface area contributed by atoms with Crippen molar-refractivity contribution in [1.29, 1.82) is 0 Å². The molecule has 146 valence electrons. The number of hydrogen-bond donors (Lipinski definition) is 1. The van der Waals surface area contributed by atoms with E-state index < -0.39 is 0 Å². The van der Waals surface area contributed by atoms with Crippen LogP contribution in [-0.4, -0.2) is 44.1 Å². The molecule has 1 aliphatic carbocycles. The number of nitrogens with zero attached hydrogens (tertiary/aromatic N) is 5. The van der Waals surface area contributed by atoms with Crippen molar-refractivity contribution < 1.29 is 9.53 Å². The van der Waals surface area contributed by atoms with Gasteiger partial charge in [0.1, 0.15) is 5.56 Å². The van der Waals surface area contributed by atoms with Crippen LogP contribution in [0.3, 0.4) is 0 Å². The van der Waals surface area contributed by atoms with Crippen molar-refractivity contribution in [1.82, 2.24) is 29.9 Å². The highest BCUT2D eigenvalue weighted by molar-refractivity contribution is 5.96. The number of ether oxygens (including phenoxy) is 1. The van der Waals surface area contributed by atoms with E-state index in [0.29, 0.717) is 24.5 Å². The maximum Gasteiger partial charge on any atom is 0.258 e. The van der Waals surface area contributed by atoms with Crippen LogP contribution in [0.5, 0.6) is 5.88 Å². The minimum atomic E-state index is -0.194. The second-order valence-corrected chi connectivity index (χ2v) is 6.92. The summed E-state index contributed by atoms with van der Waals surface area (Å²) in [6.07, 6.45) is 9.69. The number of methoxy groups -OCH3 is 1. The van der Waals surface area contributed by atoms with E-state index in [1.807, 2.05) is 16.8 Å². The predicted octanol–water partition coefficient (Wildman–Crippen LogP) is 2.00. The standard InChI is InChI=1S/C20H24N6O2/c1-25-13-16(20(24-25)28-2)19(27)22-11-12-26-17-6-4-3-5-15(17)18(23-26)14-7-9-21-10-8-14/h7-10,13H,3-6,11-12H2,1-2H3,(H,22,27). The first kappa shape index (κ1) is 18.2. The lowest BCUT2D eigenvalue weighted by molar-refractivity contribution is 0.0948. The smallest absolute Gasteiger partial charge is 0.258 e. The highest BCUT2D eigenvalue weighted by Gasteiger charge is 2.22. The zero-order chi connectivity index (χ0) is 19.5. The Balaban J connectivity index is 1.49. The molecule has 0 bridgehead atoms. The van der Waals surface area contributed by atoms with E-state index in [0.717, 1.165) is 24.1 Å². The summed E-state index contributed by atoms with van der Waals surface area (Å²) >= 11 is 0. The molecular weight excluding hydrogens is 356 g/mol. The van der Waals surface area contributed by atoms with Crippen LogP contribution >= 0.6 is 0 Å². The van der Waals surface area contributed by atoms with Crippen LogP contribution in [0.2, 0.25) is 0 Å². The van der Waals surface area contributed by atoms with Gasteiger partial charge in [-0.15, -0.1) is 5.10 Å². The maximum atomic E-state index is 12.5. The van der Waals surface area contributed by atoms with Gasteiger partial charge in [0.25, 0.3) is 5.91 Å². The van der Waals surface area contributed by atoms with Gasteiger partial charge < -0.3 is 10.1 Å². The molecule has 0 aliphatic heterocycles. The van der Waals surface area contributed by atoms with Gasteiger partial charge >= 0.3 is 0 Å².